The molecule has 5 rings (SSSR count). The molecule has 1 aliphatic heterocycles. The first-order valence-corrected chi connectivity index (χ1v) is 11.1. The van der Waals surface area contributed by atoms with E-state index in [1.165, 1.54) is 10.7 Å². The summed E-state index contributed by atoms with van der Waals surface area (Å²) >= 11 is 0. The van der Waals surface area contributed by atoms with E-state index >= 15 is 0 Å². The number of carbonyl (C=O) groups is 2. The van der Waals surface area contributed by atoms with Gasteiger partial charge >= 0.3 is 0 Å². The van der Waals surface area contributed by atoms with E-state index in [0.29, 0.717) is 41.3 Å². The lowest BCUT2D eigenvalue weighted by atomic mass is 10.0. The van der Waals surface area contributed by atoms with Gasteiger partial charge in [0.15, 0.2) is 5.69 Å². The van der Waals surface area contributed by atoms with Crippen LogP contribution in [0.1, 0.15) is 32.1 Å². The Labute approximate surface area is 201 Å². The second-order valence-electron chi connectivity index (χ2n) is 8.24. The number of hydrogen-bond donors (Lipinski definition) is 1. The molecule has 2 aromatic heterocycles. The molecule has 0 saturated heterocycles. The van der Waals surface area contributed by atoms with Gasteiger partial charge in [-0.05, 0) is 67.4 Å². The summed E-state index contributed by atoms with van der Waals surface area (Å²) in [4.78, 5) is 39.7. The predicted octanol–water partition coefficient (Wildman–Crippen LogP) is 2.64. The van der Waals surface area contributed by atoms with Gasteiger partial charge in [-0.1, -0.05) is 6.07 Å². The van der Waals surface area contributed by atoms with Crippen LogP contribution in [0.2, 0.25) is 0 Å². The highest BCUT2D eigenvalue weighted by molar-refractivity contribution is 6.09. The average molecular weight is 470 g/mol. The van der Waals surface area contributed by atoms with Crippen molar-refractivity contribution in [1.82, 2.24) is 14.3 Å². The second kappa shape index (κ2) is 8.60. The minimum absolute atomic E-state index is 0.0961. The standard InChI is InChI=1S/C26H23N5O4/c1-16-15-18(8-11-21(16)30-13-4-3-5-22(30)32)29-14-12-20-23(25(27)33)28-31(24(20)26(29)34)17-6-9-19(35-2)10-7-17/h3-11,13,15H,12,14H2,1-2H3,(H2,27,33). The Hall–Kier alpha value is -4.66. The number of fused-ring (bicyclic) bond motifs is 1. The first kappa shape index (κ1) is 22.1. The average Bonchev–Trinajstić information content (AvgIpc) is 3.26. The number of pyridine rings is 1. The van der Waals surface area contributed by atoms with Crippen LogP contribution in [0.4, 0.5) is 5.69 Å². The highest BCUT2D eigenvalue weighted by Gasteiger charge is 2.34. The molecule has 0 fully saturated rings. The lowest BCUT2D eigenvalue weighted by Crippen LogP contribution is -2.39. The number of anilines is 1. The summed E-state index contributed by atoms with van der Waals surface area (Å²) in [5.41, 5.74) is 9.27. The number of ether oxygens (including phenoxy) is 1. The van der Waals surface area contributed by atoms with Crippen LogP contribution in [-0.2, 0) is 6.42 Å². The van der Waals surface area contributed by atoms with Crippen LogP contribution in [0, 0.1) is 6.92 Å². The highest BCUT2D eigenvalue weighted by atomic mass is 16.5. The van der Waals surface area contributed by atoms with Crippen LogP contribution in [0.3, 0.4) is 0 Å². The molecule has 0 saturated carbocycles. The molecule has 9 heteroatoms. The van der Waals surface area contributed by atoms with Gasteiger partial charge in [0.05, 0.1) is 18.5 Å². The fraction of sp³-hybridized carbons (Fsp3) is 0.154. The summed E-state index contributed by atoms with van der Waals surface area (Å²) in [6.07, 6.45) is 2.13. The first-order chi connectivity index (χ1) is 16.9. The molecule has 0 atom stereocenters. The molecular formula is C26H23N5O4. The van der Waals surface area contributed by atoms with Gasteiger partial charge in [-0.15, -0.1) is 0 Å². The van der Waals surface area contributed by atoms with E-state index in [9.17, 15) is 14.4 Å². The molecule has 2 N–H and O–H groups in total. The van der Waals surface area contributed by atoms with Crippen molar-refractivity contribution in [3.05, 3.63) is 99.7 Å². The van der Waals surface area contributed by atoms with Crippen LogP contribution in [0.25, 0.3) is 11.4 Å². The summed E-state index contributed by atoms with van der Waals surface area (Å²) in [5.74, 6) is -0.305. The third kappa shape index (κ3) is 3.76. The Balaban J connectivity index is 1.56. The van der Waals surface area contributed by atoms with E-state index in [1.54, 1.807) is 59.2 Å². The van der Waals surface area contributed by atoms with Gasteiger partial charge in [0, 0.05) is 30.1 Å². The number of carbonyl (C=O) groups excluding carboxylic acids is 2. The van der Waals surface area contributed by atoms with E-state index in [4.69, 9.17) is 10.5 Å². The minimum Gasteiger partial charge on any atom is -0.497 e. The van der Waals surface area contributed by atoms with Crippen molar-refractivity contribution in [3.63, 3.8) is 0 Å². The molecule has 9 nitrogen and oxygen atoms in total. The van der Waals surface area contributed by atoms with Crippen LogP contribution in [0.15, 0.2) is 71.7 Å². The van der Waals surface area contributed by atoms with Crippen molar-refractivity contribution in [2.24, 2.45) is 5.73 Å². The summed E-state index contributed by atoms with van der Waals surface area (Å²) in [6.45, 7) is 2.26. The molecule has 0 unspecified atom stereocenters. The van der Waals surface area contributed by atoms with Crippen LogP contribution in [0.5, 0.6) is 5.75 Å². The maximum absolute atomic E-state index is 13.7. The predicted molar refractivity (Wildman–Crippen MR) is 131 cm³/mol. The zero-order valence-corrected chi connectivity index (χ0v) is 19.3. The molecule has 0 radical (unpaired) electrons. The van der Waals surface area contributed by atoms with Gasteiger partial charge in [-0.25, -0.2) is 4.68 Å². The highest BCUT2D eigenvalue weighted by Crippen LogP contribution is 2.30. The molecule has 176 valence electrons. The second-order valence-corrected chi connectivity index (χ2v) is 8.24. The number of methoxy groups -OCH3 is 1. The van der Waals surface area contributed by atoms with Crippen molar-refractivity contribution in [2.75, 3.05) is 18.6 Å². The Bertz CT molecular complexity index is 1520. The lowest BCUT2D eigenvalue weighted by Gasteiger charge is -2.28. The number of aryl methyl sites for hydroxylation is 1. The number of aromatic nitrogens is 3. The molecule has 2 amide bonds. The number of hydrogen-bond acceptors (Lipinski definition) is 5. The number of nitrogens with zero attached hydrogens (tertiary/aromatic N) is 4. The summed E-state index contributed by atoms with van der Waals surface area (Å²) in [5, 5.41) is 4.39. The molecule has 1 aliphatic rings. The third-order valence-corrected chi connectivity index (χ3v) is 6.14. The normalized spacial score (nSPS) is 13.0. The molecule has 0 bridgehead atoms. The van der Waals surface area contributed by atoms with E-state index in [2.05, 4.69) is 5.10 Å². The topological polar surface area (TPSA) is 112 Å². The molecule has 0 spiro atoms. The fourth-order valence-electron chi connectivity index (χ4n) is 4.42. The van der Waals surface area contributed by atoms with E-state index in [1.807, 2.05) is 25.1 Å². The quantitative estimate of drug-likeness (QED) is 0.483. The van der Waals surface area contributed by atoms with Crippen molar-refractivity contribution in [3.8, 4) is 17.1 Å². The summed E-state index contributed by atoms with van der Waals surface area (Å²) < 4.78 is 8.25. The molecule has 3 heterocycles. The first-order valence-electron chi connectivity index (χ1n) is 11.1. The van der Waals surface area contributed by atoms with E-state index < -0.39 is 5.91 Å². The number of rotatable bonds is 5. The maximum Gasteiger partial charge on any atom is 0.277 e. The Morgan fingerprint density at radius 2 is 1.77 bits per heavy atom. The summed E-state index contributed by atoms with van der Waals surface area (Å²) in [6, 6.07) is 17.5. The lowest BCUT2D eigenvalue weighted by molar-refractivity contribution is 0.0972. The molecule has 2 aromatic carbocycles. The van der Waals surface area contributed by atoms with Gasteiger partial charge in [0.25, 0.3) is 17.4 Å². The maximum atomic E-state index is 13.7. The minimum atomic E-state index is -0.678. The van der Waals surface area contributed by atoms with Crippen molar-refractivity contribution >= 4 is 17.5 Å². The number of amides is 2. The largest absolute Gasteiger partial charge is 0.497 e. The van der Waals surface area contributed by atoms with Crippen molar-refractivity contribution < 1.29 is 14.3 Å². The fourth-order valence-corrected chi connectivity index (χ4v) is 4.42. The third-order valence-electron chi connectivity index (χ3n) is 6.14. The Morgan fingerprint density at radius 1 is 1.03 bits per heavy atom. The van der Waals surface area contributed by atoms with Crippen molar-refractivity contribution in [1.29, 1.82) is 0 Å². The zero-order valence-electron chi connectivity index (χ0n) is 19.3. The van der Waals surface area contributed by atoms with Gasteiger partial charge in [-0.2, -0.15) is 5.10 Å². The zero-order chi connectivity index (χ0) is 24.7. The smallest absolute Gasteiger partial charge is 0.277 e. The van der Waals surface area contributed by atoms with Gasteiger partial charge in [0.1, 0.15) is 11.4 Å². The number of nitrogens with two attached hydrogens (primary N) is 1. The molecule has 0 aliphatic carbocycles. The monoisotopic (exact) mass is 469 g/mol. The molecular weight excluding hydrogens is 446 g/mol. The molecule has 4 aromatic rings. The SMILES string of the molecule is COc1ccc(-n2nc(C(N)=O)c3c2C(=O)N(c2ccc(-n4ccccc4=O)c(C)c2)CC3)cc1. The van der Waals surface area contributed by atoms with Gasteiger partial charge < -0.3 is 15.4 Å². The van der Waals surface area contributed by atoms with E-state index in [-0.39, 0.29) is 17.2 Å². The molecule has 35 heavy (non-hydrogen) atoms. The van der Waals surface area contributed by atoms with Gasteiger partial charge in [0.2, 0.25) is 0 Å². The Kier molecular flexibility index (Phi) is 5.44. The van der Waals surface area contributed by atoms with Crippen LogP contribution in [-0.4, -0.2) is 39.8 Å². The van der Waals surface area contributed by atoms with Crippen LogP contribution < -0.4 is 20.9 Å². The van der Waals surface area contributed by atoms with Crippen molar-refractivity contribution in [2.45, 2.75) is 13.3 Å². The summed E-state index contributed by atoms with van der Waals surface area (Å²) in [7, 11) is 1.57. The van der Waals surface area contributed by atoms with Gasteiger partial charge in [-0.3, -0.25) is 19.0 Å². The van der Waals surface area contributed by atoms with E-state index in [0.717, 1.165) is 11.3 Å². The van der Waals surface area contributed by atoms with Crippen LogP contribution >= 0.6 is 0 Å². The number of primary amides is 1. The Morgan fingerprint density at radius 3 is 2.43 bits per heavy atom. The number of benzene rings is 2.